The molecule has 7 nitrogen and oxygen atoms in total. The van der Waals surface area contributed by atoms with Gasteiger partial charge in [-0.1, -0.05) is 55.0 Å². The van der Waals surface area contributed by atoms with Crippen molar-refractivity contribution < 1.29 is 19.1 Å². The molecule has 0 aliphatic rings. The minimum absolute atomic E-state index is 0.0971. The summed E-state index contributed by atoms with van der Waals surface area (Å²) in [6.45, 7) is 6.18. The maximum atomic E-state index is 13.6. The number of carbonyl (C=O) groups excluding carboxylic acids is 2. The molecule has 0 spiro atoms. The first-order valence-corrected chi connectivity index (χ1v) is 12.3. The maximum Gasteiger partial charge on any atom is 0.356 e. The normalized spacial score (nSPS) is 11.7. The second-order valence-electron chi connectivity index (χ2n) is 8.75. The van der Waals surface area contributed by atoms with Crippen LogP contribution in [0.4, 0.5) is 5.69 Å². The predicted octanol–water partition coefficient (Wildman–Crippen LogP) is 5.49. The Hall–Kier alpha value is -4.39. The molecule has 1 unspecified atom stereocenters. The first-order valence-electron chi connectivity index (χ1n) is 12.3. The highest BCUT2D eigenvalue weighted by molar-refractivity contribution is 6.07. The van der Waals surface area contributed by atoms with Crippen LogP contribution in [-0.2, 0) is 16.6 Å². The predicted molar refractivity (Wildman–Crippen MR) is 145 cm³/mol. The zero-order valence-corrected chi connectivity index (χ0v) is 21.4. The van der Waals surface area contributed by atoms with E-state index in [1.54, 1.807) is 50.4 Å². The topological polar surface area (TPSA) is 86.6 Å². The standard InChI is InChI=1S/C30H30N2O5/c1-5-25(28(33)31-21-15-17-22(18-16-21)36-6-2)37-30(35)27-26(20-13-11-19(3)12-14-20)23-9-7-8-10-24(23)29(34)32(27)4/h7-18,25H,5-6H2,1-4H3,(H,31,33). The van der Waals surface area contributed by atoms with Crippen LogP contribution in [0, 0.1) is 6.92 Å². The molecule has 0 saturated heterocycles. The van der Waals surface area contributed by atoms with Crippen molar-refractivity contribution in [2.75, 3.05) is 11.9 Å². The van der Waals surface area contributed by atoms with Crippen LogP contribution >= 0.6 is 0 Å². The fourth-order valence-corrected chi connectivity index (χ4v) is 4.25. The van der Waals surface area contributed by atoms with E-state index >= 15 is 0 Å². The molecule has 0 aliphatic heterocycles. The Morgan fingerprint density at radius 3 is 2.19 bits per heavy atom. The van der Waals surface area contributed by atoms with E-state index in [4.69, 9.17) is 9.47 Å². The largest absolute Gasteiger partial charge is 0.494 e. The van der Waals surface area contributed by atoms with Crippen LogP contribution in [0.2, 0.25) is 0 Å². The number of hydrogen-bond donors (Lipinski definition) is 1. The summed E-state index contributed by atoms with van der Waals surface area (Å²) in [5.74, 6) is -0.503. The van der Waals surface area contributed by atoms with Gasteiger partial charge in [-0.2, -0.15) is 0 Å². The van der Waals surface area contributed by atoms with Crippen molar-refractivity contribution >= 4 is 28.3 Å². The molecule has 3 aromatic carbocycles. The van der Waals surface area contributed by atoms with Gasteiger partial charge in [0.2, 0.25) is 0 Å². The number of aryl methyl sites for hydroxylation is 1. The number of fused-ring (bicyclic) bond motifs is 1. The van der Waals surface area contributed by atoms with Gasteiger partial charge in [-0.15, -0.1) is 0 Å². The van der Waals surface area contributed by atoms with Crippen LogP contribution in [0.5, 0.6) is 5.75 Å². The van der Waals surface area contributed by atoms with Crippen molar-refractivity contribution in [1.82, 2.24) is 4.57 Å². The van der Waals surface area contributed by atoms with Gasteiger partial charge in [-0.25, -0.2) is 4.79 Å². The minimum atomic E-state index is -1.05. The molecule has 0 aliphatic carbocycles. The summed E-state index contributed by atoms with van der Waals surface area (Å²) in [7, 11) is 1.55. The summed E-state index contributed by atoms with van der Waals surface area (Å²) < 4.78 is 12.5. The summed E-state index contributed by atoms with van der Waals surface area (Å²) in [5.41, 5.74) is 2.77. The zero-order valence-electron chi connectivity index (χ0n) is 21.4. The summed E-state index contributed by atoms with van der Waals surface area (Å²) >= 11 is 0. The lowest BCUT2D eigenvalue weighted by Gasteiger charge is -2.20. The Labute approximate surface area is 215 Å². The third-order valence-electron chi connectivity index (χ3n) is 6.18. The third-order valence-corrected chi connectivity index (χ3v) is 6.18. The van der Waals surface area contributed by atoms with Gasteiger partial charge < -0.3 is 19.4 Å². The second kappa shape index (κ2) is 11.1. The molecular weight excluding hydrogens is 468 g/mol. The van der Waals surface area contributed by atoms with Gasteiger partial charge in [0.05, 0.1) is 6.61 Å². The summed E-state index contributed by atoms with van der Waals surface area (Å²) in [5, 5.41) is 3.93. The summed E-state index contributed by atoms with van der Waals surface area (Å²) in [6.07, 6.45) is -0.790. The highest BCUT2D eigenvalue weighted by Gasteiger charge is 2.27. The number of rotatable bonds is 8. The lowest BCUT2D eigenvalue weighted by atomic mass is 9.96. The Morgan fingerprint density at radius 2 is 1.57 bits per heavy atom. The number of nitrogens with zero attached hydrogens (tertiary/aromatic N) is 1. The molecule has 4 rings (SSSR count). The quantitative estimate of drug-likeness (QED) is 0.325. The van der Waals surface area contributed by atoms with E-state index in [0.717, 1.165) is 11.1 Å². The van der Waals surface area contributed by atoms with Crippen LogP contribution in [0.1, 0.15) is 36.3 Å². The van der Waals surface area contributed by atoms with E-state index in [1.165, 1.54) is 4.57 Å². The maximum absolute atomic E-state index is 13.6. The Balaban J connectivity index is 1.69. The van der Waals surface area contributed by atoms with E-state index in [1.807, 2.05) is 50.2 Å². The lowest BCUT2D eigenvalue weighted by Crippen LogP contribution is -2.34. The monoisotopic (exact) mass is 498 g/mol. The van der Waals surface area contributed by atoms with E-state index in [-0.39, 0.29) is 17.7 Å². The Kier molecular flexibility index (Phi) is 7.72. The summed E-state index contributed by atoms with van der Waals surface area (Å²) in [4.78, 5) is 39.7. The van der Waals surface area contributed by atoms with Crippen molar-refractivity contribution in [3.05, 3.63) is 94.4 Å². The van der Waals surface area contributed by atoms with Gasteiger partial charge in [-0.3, -0.25) is 9.59 Å². The molecule has 1 N–H and O–H groups in total. The van der Waals surface area contributed by atoms with E-state index < -0.39 is 18.0 Å². The molecule has 37 heavy (non-hydrogen) atoms. The molecular formula is C30H30N2O5. The van der Waals surface area contributed by atoms with E-state index in [9.17, 15) is 14.4 Å². The number of pyridine rings is 1. The van der Waals surface area contributed by atoms with Crippen molar-refractivity contribution in [3.63, 3.8) is 0 Å². The molecule has 0 bridgehead atoms. The van der Waals surface area contributed by atoms with Gasteiger partial charge in [0.25, 0.3) is 11.5 Å². The summed E-state index contributed by atoms with van der Waals surface area (Å²) in [6, 6.07) is 21.8. The minimum Gasteiger partial charge on any atom is -0.494 e. The average molecular weight is 499 g/mol. The molecule has 1 atom stereocenters. The molecule has 0 fully saturated rings. The highest BCUT2D eigenvalue weighted by Crippen LogP contribution is 2.31. The molecule has 190 valence electrons. The number of benzene rings is 3. The van der Waals surface area contributed by atoms with Crippen molar-refractivity contribution in [2.24, 2.45) is 7.05 Å². The molecule has 4 aromatic rings. The first kappa shape index (κ1) is 25.7. The van der Waals surface area contributed by atoms with Crippen molar-refractivity contribution in [3.8, 4) is 16.9 Å². The fourth-order valence-electron chi connectivity index (χ4n) is 4.25. The average Bonchev–Trinajstić information content (AvgIpc) is 2.91. The number of anilines is 1. The van der Waals surface area contributed by atoms with Crippen molar-refractivity contribution in [1.29, 1.82) is 0 Å². The number of aromatic nitrogens is 1. The fraction of sp³-hybridized carbons (Fsp3) is 0.233. The van der Waals surface area contributed by atoms with Crippen LogP contribution in [0.3, 0.4) is 0 Å². The van der Waals surface area contributed by atoms with Crippen LogP contribution < -0.4 is 15.6 Å². The zero-order chi connectivity index (χ0) is 26.5. The van der Waals surface area contributed by atoms with E-state index in [2.05, 4.69) is 5.32 Å². The number of hydrogen-bond acceptors (Lipinski definition) is 5. The van der Waals surface area contributed by atoms with Gasteiger partial charge in [0, 0.05) is 23.7 Å². The Morgan fingerprint density at radius 1 is 0.919 bits per heavy atom. The number of esters is 1. The smallest absolute Gasteiger partial charge is 0.356 e. The van der Waals surface area contributed by atoms with Gasteiger partial charge in [0.1, 0.15) is 11.4 Å². The number of amides is 1. The lowest BCUT2D eigenvalue weighted by molar-refractivity contribution is -0.124. The third kappa shape index (κ3) is 5.40. The molecule has 0 saturated carbocycles. The molecule has 1 aromatic heterocycles. The second-order valence-corrected chi connectivity index (χ2v) is 8.75. The van der Waals surface area contributed by atoms with Crippen molar-refractivity contribution in [2.45, 2.75) is 33.3 Å². The molecule has 7 heteroatoms. The molecule has 0 radical (unpaired) electrons. The van der Waals surface area contributed by atoms with E-state index in [0.29, 0.717) is 34.4 Å². The molecule has 1 amide bonds. The first-order chi connectivity index (χ1) is 17.8. The van der Waals surface area contributed by atoms with Gasteiger partial charge >= 0.3 is 5.97 Å². The van der Waals surface area contributed by atoms with Crippen LogP contribution in [0.25, 0.3) is 21.9 Å². The van der Waals surface area contributed by atoms with Crippen LogP contribution in [0.15, 0.2) is 77.6 Å². The number of ether oxygens (including phenoxy) is 2. The highest BCUT2D eigenvalue weighted by atomic mass is 16.5. The van der Waals surface area contributed by atoms with Gasteiger partial charge in [0.15, 0.2) is 6.10 Å². The SMILES string of the molecule is CCOc1ccc(NC(=O)C(CC)OC(=O)c2c(-c3ccc(C)cc3)c3ccccc3c(=O)n2C)cc1. The number of carbonyl (C=O) groups is 2. The Bertz CT molecular complexity index is 1490. The molecule has 1 heterocycles. The van der Waals surface area contributed by atoms with Gasteiger partial charge in [-0.05, 0) is 61.5 Å². The van der Waals surface area contributed by atoms with Crippen LogP contribution in [-0.4, -0.2) is 29.2 Å². The number of nitrogens with one attached hydrogen (secondary N) is 1.